The number of aliphatic hydroxyl groups is 1. The average Bonchev–Trinajstić information content (AvgIpc) is 3.16. The molecule has 3 aromatic rings. The highest BCUT2D eigenvalue weighted by Gasteiger charge is 2.15. The number of aliphatic hydroxyl groups excluding tert-OH is 1. The van der Waals surface area contributed by atoms with Crippen molar-refractivity contribution in [1.29, 1.82) is 0 Å². The van der Waals surface area contributed by atoms with E-state index >= 15 is 0 Å². The molecule has 1 aromatic heterocycles. The predicted octanol–water partition coefficient (Wildman–Crippen LogP) is 3.36. The summed E-state index contributed by atoms with van der Waals surface area (Å²) in [6, 6.07) is 16.2. The first-order chi connectivity index (χ1) is 13.1. The monoisotopic (exact) mass is 368 g/mol. The molecule has 1 amide bonds. The molecule has 0 saturated heterocycles. The molecule has 8 nitrogen and oxygen atoms in total. The molecular weight excluding hydrogens is 352 g/mol. The van der Waals surface area contributed by atoms with Crippen LogP contribution in [0, 0.1) is 10.1 Å². The van der Waals surface area contributed by atoms with Crippen LogP contribution in [0.25, 0.3) is 11.3 Å². The van der Waals surface area contributed by atoms with Crippen molar-refractivity contribution in [2.75, 3.05) is 11.9 Å². The Bertz CT molecular complexity index is 966. The number of hydrogen-bond acceptors (Lipinski definition) is 6. The fourth-order valence-corrected chi connectivity index (χ4v) is 2.44. The van der Waals surface area contributed by atoms with E-state index in [0.29, 0.717) is 17.2 Å². The Hall–Kier alpha value is -3.65. The van der Waals surface area contributed by atoms with Crippen molar-refractivity contribution in [3.05, 3.63) is 76.5 Å². The minimum absolute atomic E-state index is 0.0264. The van der Waals surface area contributed by atoms with E-state index in [2.05, 4.69) is 5.32 Å². The van der Waals surface area contributed by atoms with Gasteiger partial charge in [0.05, 0.1) is 4.92 Å². The normalized spacial score (nSPS) is 10.4. The highest BCUT2D eigenvalue weighted by atomic mass is 16.6. The van der Waals surface area contributed by atoms with Crippen molar-refractivity contribution in [3.8, 4) is 17.1 Å². The second-order valence-corrected chi connectivity index (χ2v) is 5.57. The molecule has 2 N–H and O–H groups in total. The summed E-state index contributed by atoms with van der Waals surface area (Å²) in [5.74, 6) is 0.572. The molecule has 0 atom stereocenters. The largest absolute Gasteiger partial charge is 0.477 e. The zero-order valence-corrected chi connectivity index (χ0v) is 14.1. The van der Waals surface area contributed by atoms with Crippen LogP contribution in [-0.4, -0.2) is 22.5 Å². The number of para-hydroxylation sites is 2. The van der Waals surface area contributed by atoms with Gasteiger partial charge in [0.25, 0.3) is 5.91 Å². The quantitative estimate of drug-likeness (QED) is 0.488. The third-order valence-corrected chi connectivity index (χ3v) is 3.67. The number of nitro groups is 1. The predicted molar refractivity (Wildman–Crippen MR) is 97.3 cm³/mol. The fourth-order valence-electron chi connectivity index (χ4n) is 2.44. The SMILES string of the molecule is O=C(COc1ccccc1[N+](=O)[O-])Nc1cccc(-c2ccc(CO)o2)c1. The first-order valence-electron chi connectivity index (χ1n) is 8.03. The van der Waals surface area contributed by atoms with Gasteiger partial charge >= 0.3 is 5.69 Å². The maximum absolute atomic E-state index is 12.1. The van der Waals surface area contributed by atoms with E-state index in [1.807, 2.05) is 0 Å². The van der Waals surface area contributed by atoms with E-state index in [-0.39, 0.29) is 24.7 Å². The van der Waals surface area contributed by atoms with Crippen LogP contribution in [0.15, 0.2) is 65.1 Å². The molecule has 138 valence electrons. The first-order valence-corrected chi connectivity index (χ1v) is 8.03. The fraction of sp³-hybridized carbons (Fsp3) is 0.105. The van der Waals surface area contributed by atoms with Crippen LogP contribution in [0.1, 0.15) is 5.76 Å². The Morgan fingerprint density at radius 2 is 1.96 bits per heavy atom. The number of carbonyl (C=O) groups excluding carboxylic acids is 1. The van der Waals surface area contributed by atoms with Gasteiger partial charge < -0.3 is 19.6 Å². The van der Waals surface area contributed by atoms with Gasteiger partial charge in [0, 0.05) is 17.3 Å². The number of furan rings is 1. The molecular formula is C19H16N2O6. The molecule has 27 heavy (non-hydrogen) atoms. The van der Waals surface area contributed by atoms with Gasteiger partial charge in [-0.3, -0.25) is 14.9 Å². The maximum atomic E-state index is 12.1. The summed E-state index contributed by atoms with van der Waals surface area (Å²) in [6.45, 7) is -0.566. The molecule has 0 unspecified atom stereocenters. The van der Waals surface area contributed by atoms with Crippen molar-refractivity contribution in [2.45, 2.75) is 6.61 Å². The third kappa shape index (κ3) is 4.50. The topological polar surface area (TPSA) is 115 Å². The minimum Gasteiger partial charge on any atom is -0.477 e. The summed E-state index contributed by atoms with van der Waals surface area (Å²) in [7, 11) is 0. The number of nitrogens with zero attached hydrogens (tertiary/aromatic N) is 1. The minimum atomic E-state index is -0.569. The van der Waals surface area contributed by atoms with Gasteiger partial charge in [-0.2, -0.15) is 0 Å². The summed E-state index contributed by atoms with van der Waals surface area (Å²) in [4.78, 5) is 22.5. The number of hydrogen-bond donors (Lipinski definition) is 2. The highest BCUT2D eigenvalue weighted by molar-refractivity contribution is 5.92. The van der Waals surface area contributed by atoms with Crippen LogP contribution in [0.5, 0.6) is 5.75 Å². The number of anilines is 1. The molecule has 0 spiro atoms. The van der Waals surface area contributed by atoms with Crippen molar-refractivity contribution >= 4 is 17.3 Å². The molecule has 0 aliphatic carbocycles. The van der Waals surface area contributed by atoms with Gasteiger partial charge in [0.2, 0.25) is 0 Å². The number of rotatable bonds is 7. The number of amides is 1. The summed E-state index contributed by atoms with van der Waals surface area (Å²) in [5.41, 5.74) is 1.04. The summed E-state index contributed by atoms with van der Waals surface area (Å²) >= 11 is 0. The molecule has 0 bridgehead atoms. The molecule has 3 rings (SSSR count). The van der Waals surface area contributed by atoms with Crippen LogP contribution in [0.3, 0.4) is 0 Å². The number of nitrogens with one attached hydrogen (secondary N) is 1. The zero-order valence-electron chi connectivity index (χ0n) is 14.1. The van der Waals surface area contributed by atoms with Gasteiger partial charge in [-0.25, -0.2) is 0 Å². The van der Waals surface area contributed by atoms with Gasteiger partial charge in [0.15, 0.2) is 12.4 Å². The van der Waals surface area contributed by atoms with Gasteiger partial charge in [-0.15, -0.1) is 0 Å². The van der Waals surface area contributed by atoms with Crippen molar-refractivity contribution < 1.29 is 24.0 Å². The van der Waals surface area contributed by atoms with Crippen molar-refractivity contribution in [2.24, 2.45) is 0 Å². The van der Waals surface area contributed by atoms with Gasteiger partial charge in [-0.1, -0.05) is 24.3 Å². The van der Waals surface area contributed by atoms with Crippen LogP contribution < -0.4 is 10.1 Å². The lowest BCUT2D eigenvalue weighted by Crippen LogP contribution is -2.20. The summed E-state index contributed by atoms with van der Waals surface area (Å²) in [6.07, 6.45) is 0. The summed E-state index contributed by atoms with van der Waals surface area (Å²) < 4.78 is 10.7. The maximum Gasteiger partial charge on any atom is 0.310 e. The van der Waals surface area contributed by atoms with Crippen LogP contribution >= 0.6 is 0 Å². The lowest BCUT2D eigenvalue weighted by Gasteiger charge is -2.08. The van der Waals surface area contributed by atoms with E-state index < -0.39 is 10.8 Å². The van der Waals surface area contributed by atoms with Crippen LogP contribution in [0.2, 0.25) is 0 Å². The van der Waals surface area contributed by atoms with Gasteiger partial charge in [-0.05, 0) is 30.3 Å². The molecule has 2 aromatic carbocycles. The number of ether oxygens (including phenoxy) is 1. The Morgan fingerprint density at radius 1 is 1.15 bits per heavy atom. The second-order valence-electron chi connectivity index (χ2n) is 5.57. The molecule has 0 fully saturated rings. The Labute approximate surface area is 154 Å². The third-order valence-electron chi connectivity index (χ3n) is 3.67. The molecule has 0 aliphatic heterocycles. The first kappa shape index (κ1) is 18.2. The summed E-state index contributed by atoms with van der Waals surface area (Å²) in [5, 5.41) is 22.7. The average molecular weight is 368 g/mol. The number of nitro benzene ring substituents is 1. The lowest BCUT2D eigenvalue weighted by atomic mass is 10.1. The van der Waals surface area contributed by atoms with E-state index in [4.69, 9.17) is 14.3 Å². The second kappa shape index (κ2) is 8.15. The Kier molecular flexibility index (Phi) is 5.48. The van der Waals surface area contributed by atoms with E-state index in [0.717, 1.165) is 5.56 Å². The van der Waals surface area contributed by atoms with E-state index in [9.17, 15) is 14.9 Å². The van der Waals surface area contributed by atoms with Crippen molar-refractivity contribution in [3.63, 3.8) is 0 Å². The Balaban J connectivity index is 1.65. The lowest BCUT2D eigenvalue weighted by molar-refractivity contribution is -0.385. The molecule has 1 heterocycles. The molecule has 8 heteroatoms. The van der Waals surface area contributed by atoms with E-state index in [1.165, 1.54) is 18.2 Å². The smallest absolute Gasteiger partial charge is 0.310 e. The van der Waals surface area contributed by atoms with Gasteiger partial charge in [0.1, 0.15) is 18.1 Å². The number of carbonyl (C=O) groups is 1. The van der Waals surface area contributed by atoms with Crippen LogP contribution in [0.4, 0.5) is 11.4 Å². The zero-order chi connectivity index (χ0) is 19.2. The molecule has 0 saturated carbocycles. The van der Waals surface area contributed by atoms with E-state index in [1.54, 1.807) is 42.5 Å². The standard InChI is InChI=1S/C19H16N2O6/c22-11-15-8-9-17(27-15)13-4-3-5-14(10-13)20-19(23)12-26-18-7-2-1-6-16(18)21(24)25/h1-10,22H,11-12H2,(H,20,23). The molecule has 0 aliphatic rings. The Morgan fingerprint density at radius 3 is 2.70 bits per heavy atom. The molecule has 0 radical (unpaired) electrons. The highest BCUT2D eigenvalue weighted by Crippen LogP contribution is 2.26. The number of benzene rings is 2. The van der Waals surface area contributed by atoms with Crippen molar-refractivity contribution in [1.82, 2.24) is 0 Å². The van der Waals surface area contributed by atoms with Crippen LogP contribution in [-0.2, 0) is 11.4 Å².